The molecule has 19 heavy (non-hydrogen) atoms. The van der Waals surface area contributed by atoms with Gasteiger partial charge in [0.15, 0.2) is 0 Å². The van der Waals surface area contributed by atoms with Crippen LogP contribution in [0.15, 0.2) is 18.2 Å². The number of cyclic esters (lactones) is 1. The van der Waals surface area contributed by atoms with Gasteiger partial charge in [-0.2, -0.15) is 0 Å². The number of alkyl carbamates (subject to hydrolysis) is 1. The quantitative estimate of drug-likeness (QED) is 0.896. The van der Waals surface area contributed by atoms with E-state index in [4.69, 9.17) is 33.0 Å². The molecule has 1 saturated heterocycles. The van der Waals surface area contributed by atoms with Gasteiger partial charge in [-0.05, 0) is 24.1 Å². The molecule has 2 N–H and O–H groups in total. The van der Waals surface area contributed by atoms with Gasteiger partial charge in [-0.1, -0.05) is 29.3 Å². The molecule has 0 radical (unpaired) electrons. The third kappa shape index (κ3) is 3.30. The zero-order valence-electron chi connectivity index (χ0n) is 9.73. The summed E-state index contributed by atoms with van der Waals surface area (Å²) in [4.78, 5) is 21.9. The van der Waals surface area contributed by atoms with Gasteiger partial charge < -0.3 is 15.2 Å². The zero-order valence-corrected chi connectivity index (χ0v) is 11.2. The zero-order chi connectivity index (χ0) is 14.0. The van der Waals surface area contributed by atoms with E-state index in [0.29, 0.717) is 10.0 Å². The van der Waals surface area contributed by atoms with Crippen LogP contribution in [0.2, 0.25) is 10.0 Å². The number of rotatable bonds is 4. The highest BCUT2D eigenvalue weighted by Gasteiger charge is 2.35. The standard InChI is InChI=1S/C12H11Cl2NO4/c13-7-2-1-6(5-8(7)14)11-9(3-4-10(16)17)19-12(18)15-11/h1-2,5,9,11H,3-4H2,(H,15,18)(H,16,17). The number of carbonyl (C=O) groups is 2. The largest absolute Gasteiger partial charge is 0.481 e. The molecule has 7 heteroatoms. The van der Waals surface area contributed by atoms with Crippen molar-refractivity contribution in [2.45, 2.75) is 25.0 Å². The van der Waals surface area contributed by atoms with E-state index in [1.54, 1.807) is 18.2 Å². The fraction of sp³-hybridized carbons (Fsp3) is 0.333. The van der Waals surface area contributed by atoms with Crippen LogP contribution in [-0.4, -0.2) is 23.3 Å². The lowest BCUT2D eigenvalue weighted by Gasteiger charge is -2.16. The molecule has 1 aromatic rings. The van der Waals surface area contributed by atoms with Crippen LogP contribution >= 0.6 is 23.2 Å². The third-order valence-corrected chi connectivity index (χ3v) is 3.59. The van der Waals surface area contributed by atoms with Crippen molar-refractivity contribution in [1.29, 1.82) is 0 Å². The maximum atomic E-state index is 11.3. The molecule has 1 fully saturated rings. The third-order valence-electron chi connectivity index (χ3n) is 2.85. The van der Waals surface area contributed by atoms with Crippen molar-refractivity contribution >= 4 is 35.3 Å². The number of carbonyl (C=O) groups excluding carboxylic acids is 1. The summed E-state index contributed by atoms with van der Waals surface area (Å²) in [6.07, 6.45) is -0.927. The Morgan fingerprint density at radius 2 is 2.11 bits per heavy atom. The summed E-state index contributed by atoms with van der Waals surface area (Å²) in [6.45, 7) is 0. The molecule has 2 rings (SSSR count). The summed E-state index contributed by atoms with van der Waals surface area (Å²) >= 11 is 11.8. The summed E-state index contributed by atoms with van der Waals surface area (Å²) < 4.78 is 5.06. The van der Waals surface area contributed by atoms with Gasteiger partial charge >= 0.3 is 12.1 Å². The highest BCUT2D eigenvalue weighted by atomic mass is 35.5. The number of carboxylic acids is 1. The minimum absolute atomic E-state index is 0.0720. The molecule has 5 nitrogen and oxygen atoms in total. The van der Waals surface area contributed by atoms with Crippen LogP contribution in [0.4, 0.5) is 4.79 Å². The number of hydrogen-bond donors (Lipinski definition) is 2. The number of ether oxygens (including phenoxy) is 1. The van der Waals surface area contributed by atoms with Crippen LogP contribution < -0.4 is 5.32 Å². The first-order valence-electron chi connectivity index (χ1n) is 5.61. The van der Waals surface area contributed by atoms with Crippen LogP contribution in [-0.2, 0) is 9.53 Å². The highest BCUT2D eigenvalue weighted by molar-refractivity contribution is 6.42. The van der Waals surface area contributed by atoms with Gasteiger partial charge in [0.05, 0.1) is 16.1 Å². The average Bonchev–Trinajstić information content (AvgIpc) is 2.71. The molecule has 0 spiro atoms. The van der Waals surface area contributed by atoms with E-state index < -0.39 is 24.2 Å². The number of amides is 1. The van der Waals surface area contributed by atoms with E-state index in [0.717, 1.165) is 5.56 Å². The van der Waals surface area contributed by atoms with Crippen LogP contribution in [0.25, 0.3) is 0 Å². The Bertz CT molecular complexity index is 520. The Morgan fingerprint density at radius 3 is 2.74 bits per heavy atom. The first-order chi connectivity index (χ1) is 8.97. The topological polar surface area (TPSA) is 75.6 Å². The number of carboxylic acid groups (broad SMARTS) is 1. The predicted octanol–water partition coefficient (Wildman–Crippen LogP) is 3.01. The van der Waals surface area contributed by atoms with Gasteiger partial charge in [0, 0.05) is 6.42 Å². The maximum Gasteiger partial charge on any atom is 0.408 e. The van der Waals surface area contributed by atoms with Crippen LogP contribution in [0.3, 0.4) is 0 Å². The fourth-order valence-corrected chi connectivity index (χ4v) is 2.26. The van der Waals surface area contributed by atoms with Gasteiger partial charge in [-0.25, -0.2) is 4.79 Å². The molecule has 1 aliphatic heterocycles. The molecule has 2 unspecified atom stereocenters. The summed E-state index contributed by atoms with van der Waals surface area (Å²) in [7, 11) is 0. The van der Waals surface area contributed by atoms with Crippen molar-refractivity contribution in [2.75, 3.05) is 0 Å². The number of aliphatic carboxylic acids is 1. The van der Waals surface area contributed by atoms with Crippen molar-refractivity contribution in [3.8, 4) is 0 Å². The van der Waals surface area contributed by atoms with Crippen LogP contribution in [0.5, 0.6) is 0 Å². The number of hydrogen-bond acceptors (Lipinski definition) is 3. The molecule has 1 heterocycles. The molecule has 0 aromatic heterocycles. The second-order valence-electron chi connectivity index (χ2n) is 4.17. The van der Waals surface area contributed by atoms with E-state index in [2.05, 4.69) is 5.32 Å². The lowest BCUT2D eigenvalue weighted by molar-refractivity contribution is -0.137. The van der Waals surface area contributed by atoms with E-state index >= 15 is 0 Å². The molecular formula is C12H11Cl2NO4. The smallest absolute Gasteiger partial charge is 0.408 e. The maximum absolute atomic E-state index is 11.3. The van der Waals surface area contributed by atoms with E-state index in [9.17, 15) is 9.59 Å². The average molecular weight is 304 g/mol. The molecular weight excluding hydrogens is 293 g/mol. The Labute approximate surface area is 119 Å². The first kappa shape index (κ1) is 14.0. The van der Waals surface area contributed by atoms with Crippen molar-refractivity contribution in [2.24, 2.45) is 0 Å². The van der Waals surface area contributed by atoms with E-state index in [1.165, 1.54) is 0 Å². The molecule has 1 aromatic carbocycles. The summed E-state index contributed by atoms with van der Waals surface area (Å²) in [6, 6.07) is 4.57. The van der Waals surface area contributed by atoms with Gasteiger partial charge in [-0.15, -0.1) is 0 Å². The molecule has 2 atom stereocenters. The van der Waals surface area contributed by atoms with E-state index in [1.807, 2.05) is 0 Å². The van der Waals surface area contributed by atoms with Crippen LogP contribution in [0, 0.1) is 0 Å². The van der Waals surface area contributed by atoms with Crippen molar-refractivity contribution in [1.82, 2.24) is 5.32 Å². The Hall–Kier alpha value is -1.46. The fourth-order valence-electron chi connectivity index (χ4n) is 1.95. The molecule has 0 saturated carbocycles. The Balaban J connectivity index is 2.17. The van der Waals surface area contributed by atoms with Gasteiger partial charge in [0.2, 0.25) is 0 Å². The molecule has 1 aliphatic rings. The summed E-state index contributed by atoms with van der Waals surface area (Å²) in [5.41, 5.74) is 0.732. The number of halogens is 2. The molecule has 0 aliphatic carbocycles. The second-order valence-corrected chi connectivity index (χ2v) is 4.99. The monoisotopic (exact) mass is 303 g/mol. The number of nitrogens with one attached hydrogen (secondary N) is 1. The lowest BCUT2D eigenvalue weighted by atomic mass is 9.99. The van der Waals surface area contributed by atoms with Gasteiger partial charge in [-0.3, -0.25) is 4.79 Å². The minimum Gasteiger partial charge on any atom is -0.481 e. The SMILES string of the molecule is O=C(O)CCC1OC(=O)NC1c1ccc(Cl)c(Cl)c1. The lowest BCUT2D eigenvalue weighted by Crippen LogP contribution is -2.23. The van der Waals surface area contributed by atoms with Crippen molar-refractivity contribution in [3.63, 3.8) is 0 Å². The highest BCUT2D eigenvalue weighted by Crippen LogP contribution is 2.31. The predicted molar refractivity (Wildman–Crippen MR) is 69.5 cm³/mol. The Morgan fingerprint density at radius 1 is 1.37 bits per heavy atom. The summed E-state index contributed by atoms with van der Waals surface area (Å²) in [5.74, 6) is -0.934. The Kier molecular flexibility index (Phi) is 4.17. The van der Waals surface area contributed by atoms with Crippen LogP contribution in [0.1, 0.15) is 24.4 Å². The van der Waals surface area contributed by atoms with Gasteiger partial charge in [0.1, 0.15) is 6.10 Å². The minimum atomic E-state index is -0.934. The van der Waals surface area contributed by atoms with Crippen molar-refractivity contribution in [3.05, 3.63) is 33.8 Å². The normalized spacial score (nSPS) is 21.9. The molecule has 1 amide bonds. The van der Waals surface area contributed by atoms with Crippen molar-refractivity contribution < 1.29 is 19.4 Å². The van der Waals surface area contributed by atoms with E-state index in [-0.39, 0.29) is 12.8 Å². The number of benzene rings is 1. The molecule has 102 valence electrons. The summed E-state index contributed by atoms with van der Waals surface area (Å²) in [5, 5.41) is 12.1. The first-order valence-corrected chi connectivity index (χ1v) is 6.37. The molecule has 0 bridgehead atoms. The second kappa shape index (κ2) is 5.67. The van der Waals surface area contributed by atoms with Gasteiger partial charge in [0.25, 0.3) is 0 Å².